The van der Waals surface area contributed by atoms with Gasteiger partial charge in [-0.25, -0.2) is 9.48 Å². The highest BCUT2D eigenvalue weighted by atomic mass is 19.4. The topological polar surface area (TPSA) is 106 Å². The normalized spacial score (nSPS) is 11.4. The summed E-state index contributed by atoms with van der Waals surface area (Å²) in [5.74, 6) is -2.64. The van der Waals surface area contributed by atoms with E-state index in [4.69, 9.17) is 5.11 Å². The lowest BCUT2D eigenvalue weighted by Gasteiger charge is -2.10. The second-order valence-electron chi connectivity index (χ2n) is 3.59. The molecule has 0 aliphatic carbocycles. The van der Waals surface area contributed by atoms with E-state index in [1.165, 1.54) is 7.11 Å². The van der Waals surface area contributed by atoms with E-state index in [1.54, 1.807) is 0 Å². The Morgan fingerprint density at radius 3 is 2.60 bits per heavy atom. The first kappa shape index (κ1) is 15.9. The second kappa shape index (κ2) is 6.32. The zero-order valence-corrected chi connectivity index (χ0v) is 10.3. The number of aromatic carboxylic acids is 1. The number of hydrogen-bond acceptors (Lipinski definition) is 5. The summed E-state index contributed by atoms with van der Waals surface area (Å²) >= 11 is 0. The van der Waals surface area contributed by atoms with Crippen molar-refractivity contribution < 1.29 is 32.6 Å². The summed E-state index contributed by atoms with van der Waals surface area (Å²) < 4.78 is 43.1. The van der Waals surface area contributed by atoms with Gasteiger partial charge in [0.25, 0.3) is 0 Å². The summed E-state index contributed by atoms with van der Waals surface area (Å²) in [5.41, 5.74) is -2.82. The highest BCUT2D eigenvalue weighted by Crippen LogP contribution is 2.30. The number of rotatable bonds is 6. The van der Waals surface area contributed by atoms with Crippen molar-refractivity contribution in [3.63, 3.8) is 0 Å². The Morgan fingerprint density at radius 2 is 2.10 bits per heavy atom. The Labute approximate surface area is 110 Å². The molecule has 0 spiro atoms. The molecule has 2 N–H and O–H groups in total. The maximum atomic E-state index is 12.7. The van der Waals surface area contributed by atoms with Crippen molar-refractivity contribution in [2.75, 3.05) is 20.3 Å². The van der Waals surface area contributed by atoms with Gasteiger partial charge in [-0.1, -0.05) is 5.21 Å². The Hall–Kier alpha value is -2.17. The Kier molecular flexibility index (Phi) is 5.02. The largest absolute Gasteiger partial charge is 0.476 e. The van der Waals surface area contributed by atoms with Crippen molar-refractivity contribution in [2.24, 2.45) is 0 Å². The first-order valence-corrected chi connectivity index (χ1v) is 5.27. The molecule has 11 heteroatoms. The van der Waals surface area contributed by atoms with Crippen LogP contribution in [0.15, 0.2) is 0 Å². The number of carboxylic acid groups (broad SMARTS) is 1. The van der Waals surface area contributed by atoms with Crippen LogP contribution in [0, 0.1) is 0 Å². The van der Waals surface area contributed by atoms with Crippen LogP contribution >= 0.6 is 0 Å². The minimum Gasteiger partial charge on any atom is -0.476 e. The Bertz CT molecular complexity index is 500. The lowest BCUT2D eigenvalue weighted by Crippen LogP contribution is -2.32. The Balaban J connectivity index is 2.90. The number of hydrogen-bond donors (Lipinski definition) is 2. The Morgan fingerprint density at radius 1 is 1.45 bits per heavy atom. The molecule has 20 heavy (non-hydrogen) atoms. The van der Waals surface area contributed by atoms with E-state index in [9.17, 15) is 22.8 Å². The number of halogens is 3. The van der Waals surface area contributed by atoms with Crippen LogP contribution in [0.1, 0.15) is 16.2 Å². The van der Waals surface area contributed by atoms with Crippen molar-refractivity contribution in [3.05, 3.63) is 11.4 Å². The molecule has 1 heterocycles. The summed E-state index contributed by atoms with van der Waals surface area (Å²) in [6.07, 6.45) is -4.98. The number of alkyl halides is 3. The lowest BCUT2D eigenvalue weighted by molar-refractivity contribution is -0.145. The minimum atomic E-state index is -4.98. The highest BCUT2D eigenvalue weighted by molar-refractivity contribution is 5.87. The molecule has 8 nitrogen and oxygen atoms in total. The van der Waals surface area contributed by atoms with Gasteiger partial charge in [-0.05, 0) is 0 Å². The molecule has 1 aromatic rings. The number of nitrogens with zero attached hydrogens (tertiary/aromatic N) is 3. The highest BCUT2D eigenvalue weighted by Gasteiger charge is 2.41. The standard InChI is InChI=1S/C9H11F3N4O4/c1-20-3-2-13-5(17)4-16-7(9(10,11)12)6(8(18)19)14-15-16/h2-4H2,1H3,(H,13,17)(H,18,19). The third-order valence-corrected chi connectivity index (χ3v) is 2.13. The van der Waals surface area contributed by atoms with E-state index in [2.05, 4.69) is 20.4 Å². The molecule has 1 aromatic heterocycles. The summed E-state index contributed by atoms with van der Waals surface area (Å²) in [6.45, 7) is -0.494. The number of carbonyl (C=O) groups is 2. The molecule has 0 aliphatic heterocycles. The van der Waals surface area contributed by atoms with E-state index in [1.807, 2.05) is 0 Å². The smallest absolute Gasteiger partial charge is 0.435 e. The summed E-state index contributed by atoms with van der Waals surface area (Å²) in [4.78, 5) is 22.0. The lowest BCUT2D eigenvalue weighted by atomic mass is 10.3. The van der Waals surface area contributed by atoms with Gasteiger partial charge in [0.1, 0.15) is 6.54 Å². The molecule has 0 aliphatic rings. The number of methoxy groups -OCH3 is 1. The molecule has 0 bridgehead atoms. The predicted molar refractivity (Wildman–Crippen MR) is 56.9 cm³/mol. The van der Waals surface area contributed by atoms with Crippen molar-refractivity contribution in [1.82, 2.24) is 20.3 Å². The predicted octanol–water partition coefficient (Wildman–Crippen LogP) is -0.242. The van der Waals surface area contributed by atoms with E-state index in [0.717, 1.165) is 0 Å². The van der Waals surface area contributed by atoms with E-state index >= 15 is 0 Å². The molecule has 0 atom stereocenters. The monoisotopic (exact) mass is 296 g/mol. The summed E-state index contributed by atoms with van der Waals surface area (Å²) in [5, 5.41) is 16.9. The molecule has 0 fully saturated rings. The quantitative estimate of drug-likeness (QED) is 0.702. The van der Waals surface area contributed by atoms with Crippen molar-refractivity contribution >= 4 is 11.9 Å². The van der Waals surface area contributed by atoms with Gasteiger partial charge in [-0.2, -0.15) is 13.2 Å². The van der Waals surface area contributed by atoms with Crippen LogP contribution in [0.25, 0.3) is 0 Å². The van der Waals surface area contributed by atoms with Gasteiger partial charge >= 0.3 is 12.1 Å². The zero-order valence-electron chi connectivity index (χ0n) is 10.3. The fourth-order valence-corrected chi connectivity index (χ4v) is 1.33. The molecular weight excluding hydrogens is 285 g/mol. The van der Waals surface area contributed by atoms with Gasteiger partial charge in [0.2, 0.25) is 11.6 Å². The van der Waals surface area contributed by atoms with Gasteiger partial charge in [0, 0.05) is 13.7 Å². The molecule has 0 aromatic carbocycles. The number of amides is 1. The van der Waals surface area contributed by atoms with Crippen LogP contribution in [0.5, 0.6) is 0 Å². The fraction of sp³-hybridized carbons (Fsp3) is 0.556. The first-order chi connectivity index (χ1) is 9.27. The van der Waals surface area contributed by atoms with Gasteiger partial charge in [0.15, 0.2) is 5.69 Å². The first-order valence-electron chi connectivity index (χ1n) is 5.27. The molecule has 0 radical (unpaired) electrons. The van der Waals surface area contributed by atoms with Crippen LogP contribution in [0.3, 0.4) is 0 Å². The van der Waals surface area contributed by atoms with Gasteiger partial charge in [0.05, 0.1) is 6.61 Å². The zero-order chi connectivity index (χ0) is 15.3. The third kappa shape index (κ3) is 3.91. The van der Waals surface area contributed by atoms with E-state index < -0.39 is 36.0 Å². The molecule has 112 valence electrons. The van der Waals surface area contributed by atoms with Crippen LogP contribution in [-0.4, -0.2) is 52.2 Å². The van der Waals surface area contributed by atoms with Gasteiger partial charge < -0.3 is 15.2 Å². The van der Waals surface area contributed by atoms with Gasteiger partial charge in [-0.15, -0.1) is 5.10 Å². The van der Waals surface area contributed by atoms with Crippen LogP contribution in [0.2, 0.25) is 0 Å². The average Bonchev–Trinajstić information content (AvgIpc) is 2.72. The van der Waals surface area contributed by atoms with Crippen molar-refractivity contribution in [1.29, 1.82) is 0 Å². The fourth-order valence-electron chi connectivity index (χ4n) is 1.33. The molecule has 1 amide bonds. The summed E-state index contributed by atoms with van der Waals surface area (Å²) in [7, 11) is 1.39. The van der Waals surface area contributed by atoms with Gasteiger partial charge in [-0.3, -0.25) is 4.79 Å². The number of ether oxygens (including phenoxy) is 1. The summed E-state index contributed by atoms with van der Waals surface area (Å²) in [6, 6.07) is 0. The average molecular weight is 296 g/mol. The van der Waals surface area contributed by atoms with E-state index in [0.29, 0.717) is 0 Å². The van der Waals surface area contributed by atoms with E-state index in [-0.39, 0.29) is 17.8 Å². The molecule has 0 saturated heterocycles. The molecule has 0 unspecified atom stereocenters. The molecule has 1 rings (SSSR count). The molecule has 0 saturated carbocycles. The van der Waals surface area contributed by atoms with Crippen molar-refractivity contribution in [3.8, 4) is 0 Å². The second-order valence-corrected chi connectivity index (χ2v) is 3.59. The minimum absolute atomic E-state index is 0.108. The van der Waals surface area contributed by atoms with Crippen molar-refractivity contribution in [2.45, 2.75) is 12.7 Å². The third-order valence-electron chi connectivity index (χ3n) is 2.13. The van der Waals surface area contributed by atoms with Crippen LogP contribution < -0.4 is 5.32 Å². The number of carbonyl (C=O) groups excluding carboxylic acids is 1. The number of nitrogens with one attached hydrogen (secondary N) is 1. The number of carboxylic acids is 1. The maximum absolute atomic E-state index is 12.7. The SMILES string of the molecule is COCCNC(=O)Cn1nnc(C(=O)O)c1C(F)(F)F. The maximum Gasteiger partial charge on any atom is 0.435 e. The van der Waals surface area contributed by atoms with Crippen LogP contribution in [0.4, 0.5) is 13.2 Å². The molecular formula is C9H11F3N4O4. The van der Waals surface area contributed by atoms with Crippen LogP contribution in [-0.2, 0) is 22.3 Å². The number of aromatic nitrogens is 3.